The first-order valence-corrected chi connectivity index (χ1v) is 6.63. The third-order valence-corrected chi connectivity index (χ3v) is 3.47. The SMILES string of the molecule is CCCn1ccnc1CC1(F)CCCNCC1. The van der Waals surface area contributed by atoms with Gasteiger partial charge in [0.25, 0.3) is 0 Å². The molecule has 1 aromatic rings. The number of nitrogens with zero attached hydrogens (tertiary/aromatic N) is 2. The zero-order chi connectivity index (χ0) is 12.1. The van der Waals surface area contributed by atoms with Crippen LogP contribution >= 0.6 is 0 Å². The van der Waals surface area contributed by atoms with Crippen LogP contribution in [0.5, 0.6) is 0 Å². The van der Waals surface area contributed by atoms with Crippen LogP contribution < -0.4 is 5.32 Å². The molecule has 2 rings (SSSR count). The van der Waals surface area contributed by atoms with Crippen molar-refractivity contribution in [2.24, 2.45) is 0 Å². The Balaban J connectivity index is 2.04. The summed E-state index contributed by atoms with van der Waals surface area (Å²) in [6.45, 7) is 4.79. The summed E-state index contributed by atoms with van der Waals surface area (Å²) in [5.74, 6) is 0.899. The van der Waals surface area contributed by atoms with Gasteiger partial charge >= 0.3 is 0 Å². The van der Waals surface area contributed by atoms with Crippen molar-refractivity contribution < 1.29 is 4.39 Å². The van der Waals surface area contributed by atoms with E-state index in [1.807, 2.05) is 6.20 Å². The van der Waals surface area contributed by atoms with E-state index in [4.69, 9.17) is 0 Å². The monoisotopic (exact) mass is 239 g/mol. The lowest BCUT2D eigenvalue weighted by molar-refractivity contribution is 0.140. The molecule has 1 aliphatic heterocycles. The zero-order valence-electron chi connectivity index (χ0n) is 10.6. The number of imidazole rings is 1. The van der Waals surface area contributed by atoms with Crippen molar-refractivity contribution in [3.05, 3.63) is 18.2 Å². The number of nitrogens with one attached hydrogen (secondary N) is 1. The Hall–Kier alpha value is -0.900. The summed E-state index contributed by atoms with van der Waals surface area (Å²) in [7, 11) is 0. The van der Waals surface area contributed by atoms with Gasteiger partial charge in [-0.2, -0.15) is 0 Å². The van der Waals surface area contributed by atoms with E-state index in [-0.39, 0.29) is 0 Å². The highest BCUT2D eigenvalue weighted by Crippen LogP contribution is 2.28. The van der Waals surface area contributed by atoms with Crippen molar-refractivity contribution in [1.29, 1.82) is 0 Å². The molecular weight excluding hydrogens is 217 g/mol. The third-order valence-electron chi connectivity index (χ3n) is 3.47. The van der Waals surface area contributed by atoms with Gasteiger partial charge in [0.2, 0.25) is 0 Å². The molecule has 0 aromatic carbocycles. The van der Waals surface area contributed by atoms with Crippen molar-refractivity contribution >= 4 is 0 Å². The lowest BCUT2D eigenvalue weighted by Crippen LogP contribution is -2.29. The van der Waals surface area contributed by atoms with E-state index < -0.39 is 5.67 Å². The van der Waals surface area contributed by atoms with E-state index in [0.717, 1.165) is 38.3 Å². The first-order valence-electron chi connectivity index (χ1n) is 6.63. The number of halogens is 1. The van der Waals surface area contributed by atoms with Crippen molar-refractivity contribution in [2.75, 3.05) is 13.1 Å². The van der Waals surface area contributed by atoms with Crippen LogP contribution in [-0.2, 0) is 13.0 Å². The summed E-state index contributed by atoms with van der Waals surface area (Å²) in [6, 6.07) is 0. The van der Waals surface area contributed by atoms with Crippen LogP contribution in [0.15, 0.2) is 12.4 Å². The van der Waals surface area contributed by atoms with E-state index in [1.54, 1.807) is 6.20 Å². The summed E-state index contributed by atoms with van der Waals surface area (Å²) in [5.41, 5.74) is -1.07. The van der Waals surface area contributed by atoms with Crippen LogP contribution in [0.2, 0.25) is 0 Å². The highest BCUT2D eigenvalue weighted by Gasteiger charge is 2.32. The number of aryl methyl sites for hydroxylation is 1. The summed E-state index contributed by atoms with van der Waals surface area (Å²) in [5, 5.41) is 3.25. The van der Waals surface area contributed by atoms with Gasteiger partial charge in [0.1, 0.15) is 11.5 Å². The molecule has 1 N–H and O–H groups in total. The van der Waals surface area contributed by atoms with Gasteiger partial charge in [0.05, 0.1) is 0 Å². The fourth-order valence-corrected chi connectivity index (χ4v) is 2.50. The maximum atomic E-state index is 14.7. The zero-order valence-corrected chi connectivity index (χ0v) is 10.6. The molecule has 0 bridgehead atoms. The van der Waals surface area contributed by atoms with E-state index >= 15 is 0 Å². The molecule has 1 saturated heterocycles. The summed E-state index contributed by atoms with van der Waals surface area (Å²) in [6.07, 6.45) is 7.43. The van der Waals surface area contributed by atoms with Crippen LogP contribution in [0.3, 0.4) is 0 Å². The number of alkyl halides is 1. The number of rotatable bonds is 4. The number of hydrogen-bond acceptors (Lipinski definition) is 2. The molecule has 3 nitrogen and oxygen atoms in total. The van der Waals surface area contributed by atoms with Crippen LogP contribution in [0.1, 0.15) is 38.4 Å². The van der Waals surface area contributed by atoms with Crippen LogP contribution in [0.25, 0.3) is 0 Å². The Morgan fingerprint density at radius 3 is 3.18 bits per heavy atom. The van der Waals surface area contributed by atoms with E-state index in [9.17, 15) is 4.39 Å². The molecule has 1 aromatic heterocycles. The molecule has 17 heavy (non-hydrogen) atoms. The summed E-state index contributed by atoms with van der Waals surface area (Å²) < 4.78 is 16.8. The topological polar surface area (TPSA) is 29.9 Å². The first-order chi connectivity index (χ1) is 8.23. The largest absolute Gasteiger partial charge is 0.335 e. The molecule has 1 aliphatic rings. The molecule has 0 radical (unpaired) electrons. The van der Waals surface area contributed by atoms with E-state index in [0.29, 0.717) is 19.3 Å². The van der Waals surface area contributed by atoms with Crippen molar-refractivity contribution in [3.63, 3.8) is 0 Å². The Morgan fingerprint density at radius 1 is 1.47 bits per heavy atom. The second kappa shape index (κ2) is 5.63. The fraction of sp³-hybridized carbons (Fsp3) is 0.769. The quantitative estimate of drug-likeness (QED) is 0.874. The van der Waals surface area contributed by atoms with Crippen molar-refractivity contribution in [3.8, 4) is 0 Å². The second-order valence-corrected chi connectivity index (χ2v) is 4.97. The van der Waals surface area contributed by atoms with E-state index in [1.165, 1.54) is 0 Å². The van der Waals surface area contributed by atoms with Gasteiger partial charge in [-0.05, 0) is 38.8 Å². The molecule has 4 heteroatoms. The first kappa shape index (κ1) is 12.6. The van der Waals surface area contributed by atoms with Crippen molar-refractivity contribution in [2.45, 2.75) is 51.2 Å². The van der Waals surface area contributed by atoms with Gasteiger partial charge in [-0.15, -0.1) is 0 Å². The maximum Gasteiger partial charge on any atom is 0.119 e. The smallest absolute Gasteiger partial charge is 0.119 e. The molecule has 0 amide bonds. The van der Waals surface area contributed by atoms with Gasteiger partial charge in [-0.1, -0.05) is 6.92 Å². The minimum atomic E-state index is -1.07. The molecule has 0 aliphatic carbocycles. The normalized spacial score (nSPS) is 25.8. The highest BCUT2D eigenvalue weighted by molar-refractivity contribution is 5.00. The molecule has 96 valence electrons. The number of hydrogen-bond donors (Lipinski definition) is 1. The summed E-state index contributed by atoms with van der Waals surface area (Å²) in [4.78, 5) is 4.31. The molecule has 1 unspecified atom stereocenters. The average Bonchev–Trinajstić information content (AvgIpc) is 2.60. The Bertz CT molecular complexity index is 340. The van der Waals surface area contributed by atoms with Crippen molar-refractivity contribution in [1.82, 2.24) is 14.9 Å². The molecule has 0 saturated carbocycles. The van der Waals surface area contributed by atoms with Crippen LogP contribution in [0, 0.1) is 0 Å². The van der Waals surface area contributed by atoms with Gasteiger partial charge in [0.15, 0.2) is 0 Å². The fourth-order valence-electron chi connectivity index (χ4n) is 2.50. The Labute approximate surface area is 102 Å². The number of aromatic nitrogens is 2. The van der Waals surface area contributed by atoms with Gasteiger partial charge in [0, 0.05) is 25.4 Å². The predicted molar refractivity (Wildman–Crippen MR) is 66.8 cm³/mol. The standard InChI is InChI=1S/C13H22FN3/c1-2-9-17-10-8-16-12(17)11-13(14)4-3-6-15-7-5-13/h8,10,15H,2-7,9,11H2,1H3. The van der Waals surface area contributed by atoms with Gasteiger partial charge < -0.3 is 9.88 Å². The second-order valence-electron chi connectivity index (χ2n) is 4.97. The predicted octanol–water partition coefficient (Wildman–Crippen LogP) is 2.32. The van der Waals surface area contributed by atoms with Gasteiger partial charge in [-0.25, -0.2) is 9.37 Å². The highest BCUT2D eigenvalue weighted by atomic mass is 19.1. The Morgan fingerprint density at radius 2 is 2.35 bits per heavy atom. The maximum absolute atomic E-state index is 14.7. The molecule has 1 atom stereocenters. The lowest BCUT2D eigenvalue weighted by atomic mass is 9.93. The van der Waals surface area contributed by atoms with Crippen LogP contribution in [0.4, 0.5) is 4.39 Å². The summed E-state index contributed by atoms with van der Waals surface area (Å²) >= 11 is 0. The molecule has 1 fully saturated rings. The lowest BCUT2D eigenvalue weighted by Gasteiger charge is -2.23. The minimum Gasteiger partial charge on any atom is -0.335 e. The minimum absolute atomic E-state index is 0.460. The third kappa shape index (κ3) is 3.28. The van der Waals surface area contributed by atoms with E-state index in [2.05, 4.69) is 21.8 Å². The molecule has 2 heterocycles. The Kier molecular flexibility index (Phi) is 4.15. The molecule has 0 spiro atoms. The van der Waals surface area contributed by atoms with Crippen LogP contribution in [-0.4, -0.2) is 28.3 Å². The van der Waals surface area contributed by atoms with Gasteiger partial charge in [-0.3, -0.25) is 0 Å². The average molecular weight is 239 g/mol. The molecular formula is C13H22FN3.